The monoisotopic (exact) mass is 298 g/mol. The first-order chi connectivity index (χ1) is 9.95. The summed E-state index contributed by atoms with van der Waals surface area (Å²) < 4.78 is 0. The van der Waals surface area contributed by atoms with Crippen molar-refractivity contribution in [3.05, 3.63) is 56.8 Å². The Morgan fingerprint density at radius 3 is 2.33 bits per heavy atom. The number of hydrogen-bond acceptors (Lipinski definition) is 2. The van der Waals surface area contributed by atoms with E-state index in [1.807, 2.05) is 12.1 Å². The van der Waals surface area contributed by atoms with E-state index in [0.29, 0.717) is 0 Å². The molecule has 0 aliphatic heterocycles. The van der Waals surface area contributed by atoms with Crippen molar-refractivity contribution in [1.29, 1.82) is 0 Å². The van der Waals surface area contributed by atoms with Gasteiger partial charge in [0.15, 0.2) is 0 Å². The maximum atomic E-state index is 12.6. The van der Waals surface area contributed by atoms with Crippen LogP contribution in [-0.4, -0.2) is 5.78 Å². The van der Waals surface area contributed by atoms with Crippen LogP contribution in [0.3, 0.4) is 0 Å². The van der Waals surface area contributed by atoms with Crippen molar-refractivity contribution in [2.75, 3.05) is 0 Å². The second-order valence-electron chi connectivity index (χ2n) is 6.92. The number of carbonyl (C=O) groups is 1. The zero-order valence-corrected chi connectivity index (χ0v) is 13.8. The predicted molar refractivity (Wildman–Crippen MR) is 89.5 cm³/mol. The normalized spacial score (nSPS) is 14.8. The van der Waals surface area contributed by atoms with Crippen molar-refractivity contribution in [3.63, 3.8) is 0 Å². The van der Waals surface area contributed by atoms with E-state index in [2.05, 4.69) is 39.0 Å². The maximum absolute atomic E-state index is 12.6. The van der Waals surface area contributed by atoms with Crippen molar-refractivity contribution < 1.29 is 4.79 Å². The van der Waals surface area contributed by atoms with E-state index in [-0.39, 0.29) is 11.2 Å². The average Bonchev–Trinajstić information content (AvgIpc) is 2.89. The van der Waals surface area contributed by atoms with Crippen LogP contribution in [0.1, 0.15) is 64.9 Å². The minimum atomic E-state index is 0.129. The summed E-state index contributed by atoms with van der Waals surface area (Å²) in [5, 5.41) is 0. The zero-order valence-electron chi connectivity index (χ0n) is 13.0. The van der Waals surface area contributed by atoms with E-state index in [4.69, 9.17) is 0 Å². The van der Waals surface area contributed by atoms with Gasteiger partial charge in [-0.2, -0.15) is 0 Å². The van der Waals surface area contributed by atoms with Gasteiger partial charge < -0.3 is 0 Å². The van der Waals surface area contributed by atoms with Crippen molar-refractivity contribution in [2.45, 2.75) is 51.9 Å². The summed E-state index contributed by atoms with van der Waals surface area (Å²) in [5.74, 6) is 0.176. The summed E-state index contributed by atoms with van der Waals surface area (Å²) >= 11 is 1.70. The Hall–Kier alpha value is -1.41. The van der Waals surface area contributed by atoms with E-state index in [9.17, 15) is 4.79 Å². The molecule has 0 unspecified atom stereocenters. The third-order valence-electron chi connectivity index (χ3n) is 4.23. The van der Waals surface area contributed by atoms with E-state index < -0.39 is 0 Å². The molecule has 110 valence electrons. The number of aryl methyl sites for hydroxylation is 2. The summed E-state index contributed by atoms with van der Waals surface area (Å²) in [6.45, 7) is 6.57. The molecule has 0 bridgehead atoms. The lowest BCUT2D eigenvalue weighted by molar-refractivity contribution is 0.104. The summed E-state index contributed by atoms with van der Waals surface area (Å²) in [5.41, 5.74) is 3.61. The van der Waals surface area contributed by atoms with Gasteiger partial charge in [-0.1, -0.05) is 45.0 Å². The van der Waals surface area contributed by atoms with E-state index >= 15 is 0 Å². The molecular formula is C19H22OS. The molecule has 3 rings (SSSR count). The predicted octanol–water partition coefficient (Wildman–Crippen LogP) is 5.16. The second kappa shape index (κ2) is 5.42. The fourth-order valence-corrected chi connectivity index (χ4v) is 4.08. The van der Waals surface area contributed by atoms with Gasteiger partial charge in [0.05, 0.1) is 4.88 Å². The molecule has 0 radical (unpaired) electrons. The number of ketones is 1. The van der Waals surface area contributed by atoms with Crippen molar-refractivity contribution in [1.82, 2.24) is 0 Å². The van der Waals surface area contributed by atoms with Gasteiger partial charge in [0, 0.05) is 10.4 Å². The largest absolute Gasteiger partial charge is 0.288 e. The molecule has 2 heteroatoms. The lowest BCUT2D eigenvalue weighted by Crippen LogP contribution is -2.11. The molecular weight excluding hydrogens is 276 g/mol. The van der Waals surface area contributed by atoms with E-state index in [1.165, 1.54) is 28.8 Å². The SMILES string of the molecule is CC(C)(C)c1ccc(C(=O)c2cc3c(s2)CCCC3)cc1. The Morgan fingerprint density at radius 2 is 1.71 bits per heavy atom. The smallest absolute Gasteiger partial charge is 0.202 e. The molecule has 1 aliphatic rings. The molecule has 2 aromatic rings. The zero-order chi connectivity index (χ0) is 15.0. The Balaban J connectivity index is 1.86. The van der Waals surface area contributed by atoms with E-state index in [1.54, 1.807) is 11.3 Å². The van der Waals surface area contributed by atoms with Gasteiger partial charge in [-0.05, 0) is 48.3 Å². The van der Waals surface area contributed by atoms with Gasteiger partial charge in [-0.25, -0.2) is 0 Å². The van der Waals surface area contributed by atoms with Crippen LogP contribution in [-0.2, 0) is 18.3 Å². The Bertz CT molecular complexity index is 632. The second-order valence-corrected chi connectivity index (χ2v) is 8.06. The molecule has 1 aliphatic carbocycles. The highest BCUT2D eigenvalue weighted by Gasteiger charge is 2.19. The molecule has 0 atom stereocenters. The number of rotatable bonds is 2. The Morgan fingerprint density at radius 1 is 1.05 bits per heavy atom. The van der Waals surface area contributed by atoms with Gasteiger partial charge in [0.1, 0.15) is 0 Å². The minimum Gasteiger partial charge on any atom is -0.288 e. The van der Waals surface area contributed by atoms with Crippen LogP contribution < -0.4 is 0 Å². The number of hydrogen-bond donors (Lipinski definition) is 0. The first-order valence-corrected chi connectivity index (χ1v) is 8.53. The first kappa shape index (κ1) is 14.5. The average molecular weight is 298 g/mol. The van der Waals surface area contributed by atoms with Crippen LogP contribution in [0, 0.1) is 0 Å². The van der Waals surface area contributed by atoms with Crippen LogP contribution in [0.4, 0.5) is 0 Å². The van der Waals surface area contributed by atoms with Crippen LogP contribution in [0.5, 0.6) is 0 Å². The number of benzene rings is 1. The fourth-order valence-electron chi connectivity index (χ4n) is 2.87. The van der Waals surface area contributed by atoms with Gasteiger partial charge >= 0.3 is 0 Å². The fraction of sp³-hybridized carbons (Fsp3) is 0.421. The molecule has 1 aromatic heterocycles. The first-order valence-electron chi connectivity index (χ1n) is 7.72. The third-order valence-corrected chi connectivity index (χ3v) is 5.47. The molecule has 0 N–H and O–H groups in total. The highest BCUT2D eigenvalue weighted by Crippen LogP contribution is 2.31. The van der Waals surface area contributed by atoms with Crippen molar-refractivity contribution in [3.8, 4) is 0 Å². The van der Waals surface area contributed by atoms with Crippen LogP contribution in [0.15, 0.2) is 30.3 Å². The summed E-state index contributed by atoms with van der Waals surface area (Å²) in [6, 6.07) is 10.2. The summed E-state index contributed by atoms with van der Waals surface area (Å²) in [6.07, 6.45) is 4.82. The van der Waals surface area contributed by atoms with Crippen molar-refractivity contribution >= 4 is 17.1 Å². The molecule has 0 fully saturated rings. The quantitative estimate of drug-likeness (QED) is 0.700. The molecule has 1 aromatic carbocycles. The summed E-state index contributed by atoms with van der Waals surface area (Å²) in [4.78, 5) is 15.0. The van der Waals surface area contributed by atoms with Crippen LogP contribution in [0.25, 0.3) is 0 Å². The number of carbonyl (C=O) groups excluding carboxylic acids is 1. The van der Waals surface area contributed by atoms with Gasteiger partial charge in [0.2, 0.25) is 5.78 Å². The molecule has 0 spiro atoms. The van der Waals surface area contributed by atoms with Crippen molar-refractivity contribution in [2.24, 2.45) is 0 Å². The van der Waals surface area contributed by atoms with E-state index in [0.717, 1.165) is 23.3 Å². The highest BCUT2D eigenvalue weighted by molar-refractivity contribution is 7.14. The topological polar surface area (TPSA) is 17.1 Å². The molecule has 0 saturated heterocycles. The Kier molecular flexibility index (Phi) is 3.75. The standard InChI is InChI=1S/C19H22OS/c1-19(2,3)15-10-8-13(9-11-15)18(20)17-12-14-6-4-5-7-16(14)21-17/h8-12H,4-7H2,1-3H3. The molecule has 0 saturated carbocycles. The Labute approximate surface area is 131 Å². The van der Waals surface area contributed by atoms with Crippen LogP contribution >= 0.6 is 11.3 Å². The molecule has 1 nitrogen and oxygen atoms in total. The molecule has 0 amide bonds. The minimum absolute atomic E-state index is 0.129. The maximum Gasteiger partial charge on any atom is 0.202 e. The van der Waals surface area contributed by atoms with Gasteiger partial charge in [0.25, 0.3) is 0 Å². The third kappa shape index (κ3) is 2.96. The van der Waals surface area contributed by atoms with Gasteiger partial charge in [-0.15, -0.1) is 11.3 Å². The highest BCUT2D eigenvalue weighted by atomic mass is 32.1. The number of thiophene rings is 1. The molecule has 21 heavy (non-hydrogen) atoms. The van der Waals surface area contributed by atoms with Crippen LogP contribution in [0.2, 0.25) is 0 Å². The lowest BCUT2D eigenvalue weighted by Gasteiger charge is -2.18. The number of fused-ring (bicyclic) bond motifs is 1. The lowest BCUT2D eigenvalue weighted by atomic mass is 9.86. The van der Waals surface area contributed by atoms with Gasteiger partial charge in [-0.3, -0.25) is 4.79 Å². The summed E-state index contributed by atoms with van der Waals surface area (Å²) in [7, 11) is 0. The molecule has 1 heterocycles.